The number of carbonyl (C=O) groups excluding carboxylic acids is 1. The van der Waals surface area contributed by atoms with Crippen LogP contribution in [0.3, 0.4) is 0 Å². The zero-order chi connectivity index (χ0) is 19.9. The molecule has 0 spiro atoms. The molecule has 0 aliphatic carbocycles. The largest absolute Gasteiger partial charge is 0.490 e. The van der Waals surface area contributed by atoms with Crippen molar-refractivity contribution in [3.05, 3.63) is 53.9 Å². The summed E-state index contributed by atoms with van der Waals surface area (Å²) in [7, 11) is 0. The lowest BCUT2D eigenvalue weighted by molar-refractivity contribution is 0.102. The molecule has 3 aromatic rings. The molecule has 0 saturated heterocycles. The molecule has 0 radical (unpaired) electrons. The lowest BCUT2D eigenvalue weighted by Crippen LogP contribution is -2.12. The topological polar surface area (TPSA) is 115 Å². The fourth-order valence-corrected chi connectivity index (χ4v) is 2.61. The van der Waals surface area contributed by atoms with Gasteiger partial charge in [0.25, 0.3) is 5.91 Å². The van der Waals surface area contributed by atoms with Crippen LogP contribution in [-0.2, 0) is 6.54 Å². The molecular formula is C20H24ClN5O3. The Morgan fingerprint density at radius 3 is 2.38 bits per heavy atom. The van der Waals surface area contributed by atoms with Crippen molar-refractivity contribution in [2.45, 2.75) is 20.4 Å². The minimum absolute atomic E-state index is 0. The second-order valence-electron chi connectivity index (χ2n) is 5.87. The van der Waals surface area contributed by atoms with Gasteiger partial charge in [0.05, 0.1) is 19.8 Å². The van der Waals surface area contributed by atoms with E-state index in [0.717, 1.165) is 5.56 Å². The normalized spacial score (nSPS) is 10.2. The third-order valence-corrected chi connectivity index (χ3v) is 3.93. The number of rotatable bonds is 8. The molecule has 1 heterocycles. The molecule has 0 unspecified atom stereocenters. The quantitative estimate of drug-likeness (QED) is 0.517. The Bertz CT molecular complexity index is 944. The molecule has 0 saturated carbocycles. The van der Waals surface area contributed by atoms with Crippen molar-refractivity contribution in [1.82, 2.24) is 15.2 Å². The van der Waals surface area contributed by atoms with Gasteiger partial charge in [-0.2, -0.15) is 5.10 Å². The van der Waals surface area contributed by atoms with Gasteiger partial charge in [0.1, 0.15) is 5.82 Å². The number of halogens is 1. The predicted molar refractivity (Wildman–Crippen MR) is 114 cm³/mol. The number of carbonyl (C=O) groups is 1. The van der Waals surface area contributed by atoms with Gasteiger partial charge in [-0.3, -0.25) is 9.89 Å². The van der Waals surface area contributed by atoms with E-state index in [1.54, 1.807) is 30.3 Å². The minimum Gasteiger partial charge on any atom is -0.490 e. The third-order valence-electron chi connectivity index (χ3n) is 3.93. The lowest BCUT2D eigenvalue weighted by atomic mass is 10.1. The molecule has 29 heavy (non-hydrogen) atoms. The van der Waals surface area contributed by atoms with Gasteiger partial charge in [0, 0.05) is 16.8 Å². The van der Waals surface area contributed by atoms with E-state index in [0.29, 0.717) is 54.2 Å². The van der Waals surface area contributed by atoms with Crippen molar-refractivity contribution in [2.75, 3.05) is 18.5 Å². The summed E-state index contributed by atoms with van der Waals surface area (Å²) in [6.07, 6.45) is 0. The molecule has 0 aliphatic rings. The maximum atomic E-state index is 12.6. The molecule has 8 nitrogen and oxygen atoms in total. The second-order valence-corrected chi connectivity index (χ2v) is 5.87. The summed E-state index contributed by atoms with van der Waals surface area (Å²) < 4.78 is 11.1. The Balaban J connectivity index is 0.00000300. The number of hydrogen-bond acceptors (Lipinski definition) is 6. The number of H-pyrrole nitrogens is 1. The second kappa shape index (κ2) is 10.4. The van der Waals surface area contributed by atoms with Gasteiger partial charge in [-0.25, -0.2) is 4.98 Å². The molecule has 2 aromatic carbocycles. The van der Waals surface area contributed by atoms with E-state index in [2.05, 4.69) is 20.5 Å². The van der Waals surface area contributed by atoms with Gasteiger partial charge in [-0.05, 0) is 56.3 Å². The van der Waals surface area contributed by atoms with Gasteiger partial charge < -0.3 is 20.5 Å². The Hall–Kier alpha value is -3.10. The Labute approximate surface area is 175 Å². The van der Waals surface area contributed by atoms with Crippen LogP contribution in [0.2, 0.25) is 0 Å². The smallest absolute Gasteiger partial charge is 0.255 e. The van der Waals surface area contributed by atoms with Gasteiger partial charge in [-0.15, -0.1) is 12.4 Å². The first kappa shape index (κ1) is 22.2. The first-order chi connectivity index (χ1) is 13.6. The molecular weight excluding hydrogens is 394 g/mol. The highest BCUT2D eigenvalue weighted by atomic mass is 35.5. The van der Waals surface area contributed by atoms with Crippen molar-refractivity contribution in [2.24, 2.45) is 5.73 Å². The predicted octanol–water partition coefficient (Wildman–Crippen LogP) is 3.40. The standard InChI is InChI=1S/C20H23N5O3.ClH/c1-3-27-16-10-7-14(11-17(16)28-4-2)20(26)22-15-8-5-13(6-9-15)19-23-18(12-21)24-25-19;/h5-11H,3-4,12,21H2,1-2H3,(H,22,26)(H,23,24,25);1H. The Morgan fingerprint density at radius 2 is 1.76 bits per heavy atom. The number of amides is 1. The van der Waals surface area contributed by atoms with Gasteiger partial charge >= 0.3 is 0 Å². The highest BCUT2D eigenvalue weighted by Crippen LogP contribution is 2.29. The van der Waals surface area contributed by atoms with E-state index in [4.69, 9.17) is 15.2 Å². The number of benzene rings is 2. The highest BCUT2D eigenvalue weighted by molar-refractivity contribution is 6.04. The molecule has 4 N–H and O–H groups in total. The zero-order valence-corrected chi connectivity index (χ0v) is 17.1. The number of aromatic amines is 1. The van der Waals surface area contributed by atoms with Gasteiger partial charge in [-0.1, -0.05) is 0 Å². The fraction of sp³-hybridized carbons (Fsp3) is 0.250. The van der Waals surface area contributed by atoms with E-state index in [9.17, 15) is 4.79 Å². The van der Waals surface area contributed by atoms with Crippen LogP contribution < -0.4 is 20.5 Å². The zero-order valence-electron chi connectivity index (χ0n) is 16.3. The van der Waals surface area contributed by atoms with E-state index in [1.807, 2.05) is 26.0 Å². The lowest BCUT2D eigenvalue weighted by Gasteiger charge is -2.12. The molecule has 3 rings (SSSR count). The molecule has 0 aliphatic heterocycles. The number of nitrogens with zero attached hydrogens (tertiary/aromatic N) is 2. The number of nitrogens with one attached hydrogen (secondary N) is 2. The number of hydrogen-bond donors (Lipinski definition) is 3. The third kappa shape index (κ3) is 5.46. The monoisotopic (exact) mass is 417 g/mol. The van der Waals surface area contributed by atoms with Gasteiger partial charge in [0.15, 0.2) is 17.3 Å². The van der Waals surface area contributed by atoms with Gasteiger partial charge in [0.2, 0.25) is 0 Å². The van der Waals surface area contributed by atoms with Crippen LogP contribution >= 0.6 is 12.4 Å². The van der Waals surface area contributed by atoms with Crippen molar-refractivity contribution in [3.8, 4) is 22.9 Å². The van der Waals surface area contributed by atoms with Crippen LogP contribution in [0.5, 0.6) is 11.5 Å². The summed E-state index contributed by atoms with van der Waals surface area (Å²) >= 11 is 0. The molecule has 1 aromatic heterocycles. The van der Waals surface area contributed by atoms with E-state index in [-0.39, 0.29) is 18.3 Å². The Kier molecular flexibility index (Phi) is 7.99. The van der Waals surface area contributed by atoms with Crippen LogP contribution in [0.4, 0.5) is 5.69 Å². The summed E-state index contributed by atoms with van der Waals surface area (Å²) in [5.74, 6) is 2.11. The maximum absolute atomic E-state index is 12.6. The SMILES string of the molecule is CCOc1ccc(C(=O)Nc2ccc(-c3n[nH]c(CN)n3)cc2)cc1OCC.Cl. The fourth-order valence-electron chi connectivity index (χ4n) is 2.61. The van der Waals surface area contributed by atoms with Crippen LogP contribution in [0.15, 0.2) is 42.5 Å². The van der Waals surface area contributed by atoms with Crippen molar-refractivity contribution in [3.63, 3.8) is 0 Å². The molecule has 9 heteroatoms. The van der Waals surface area contributed by atoms with Crippen LogP contribution in [-0.4, -0.2) is 34.3 Å². The number of nitrogens with two attached hydrogens (primary N) is 1. The van der Waals surface area contributed by atoms with Crippen molar-refractivity contribution in [1.29, 1.82) is 0 Å². The number of ether oxygens (including phenoxy) is 2. The summed E-state index contributed by atoms with van der Waals surface area (Å²) in [6, 6.07) is 12.4. The Morgan fingerprint density at radius 1 is 1.07 bits per heavy atom. The van der Waals surface area contributed by atoms with Crippen molar-refractivity contribution >= 4 is 24.0 Å². The number of aromatic nitrogens is 3. The summed E-state index contributed by atoms with van der Waals surface area (Å²) in [6.45, 7) is 5.09. The molecule has 0 atom stereocenters. The highest BCUT2D eigenvalue weighted by Gasteiger charge is 2.12. The molecule has 0 fully saturated rings. The average molecular weight is 418 g/mol. The summed E-state index contributed by atoms with van der Waals surface area (Å²) in [4.78, 5) is 16.9. The van der Waals surface area contributed by atoms with Crippen LogP contribution in [0, 0.1) is 0 Å². The molecule has 154 valence electrons. The van der Waals surface area contributed by atoms with E-state index < -0.39 is 0 Å². The van der Waals surface area contributed by atoms with Crippen molar-refractivity contribution < 1.29 is 14.3 Å². The first-order valence-corrected chi connectivity index (χ1v) is 9.07. The molecule has 1 amide bonds. The molecule has 0 bridgehead atoms. The van der Waals surface area contributed by atoms with Crippen LogP contribution in [0.1, 0.15) is 30.0 Å². The minimum atomic E-state index is -0.236. The summed E-state index contributed by atoms with van der Waals surface area (Å²) in [5.41, 5.74) is 7.51. The van der Waals surface area contributed by atoms with E-state index >= 15 is 0 Å². The first-order valence-electron chi connectivity index (χ1n) is 9.07. The average Bonchev–Trinajstić information content (AvgIpc) is 3.19. The maximum Gasteiger partial charge on any atom is 0.255 e. The summed E-state index contributed by atoms with van der Waals surface area (Å²) in [5, 5.41) is 9.76. The number of anilines is 1. The van der Waals surface area contributed by atoms with E-state index in [1.165, 1.54) is 0 Å². The van der Waals surface area contributed by atoms with Crippen LogP contribution in [0.25, 0.3) is 11.4 Å².